The van der Waals surface area contributed by atoms with E-state index < -0.39 is 5.97 Å². The molecule has 0 amide bonds. The molecule has 1 aromatic rings. The van der Waals surface area contributed by atoms with Crippen LogP contribution in [0.1, 0.15) is 36.5 Å². The molecular formula is C12H15BrN2O3. The van der Waals surface area contributed by atoms with Crippen molar-refractivity contribution in [1.82, 2.24) is 4.98 Å². The average molecular weight is 315 g/mol. The second-order valence-corrected chi connectivity index (χ2v) is 5.14. The number of esters is 1. The molecule has 0 radical (unpaired) electrons. The van der Waals surface area contributed by atoms with E-state index in [9.17, 15) is 9.59 Å². The van der Waals surface area contributed by atoms with E-state index in [-0.39, 0.29) is 5.56 Å². The topological polar surface area (TPSA) is 71.2 Å². The van der Waals surface area contributed by atoms with E-state index in [1.54, 1.807) is 0 Å². The number of hydrogen-bond donors (Lipinski definition) is 2. The number of carbonyl (C=O) groups excluding carboxylic acids is 1. The molecule has 1 aliphatic carbocycles. The molecule has 5 nitrogen and oxygen atoms in total. The molecule has 0 spiro atoms. The van der Waals surface area contributed by atoms with Gasteiger partial charge in [-0.05, 0) is 41.3 Å². The van der Waals surface area contributed by atoms with Crippen molar-refractivity contribution in [3.05, 3.63) is 26.5 Å². The van der Waals surface area contributed by atoms with E-state index in [0.29, 0.717) is 28.5 Å². The average Bonchev–Trinajstić information content (AvgIpc) is 3.14. The monoisotopic (exact) mass is 314 g/mol. The molecule has 0 aliphatic heterocycles. The summed E-state index contributed by atoms with van der Waals surface area (Å²) in [4.78, 5) is 26.1. The summed E-state index contributed by atoms with van der Waals surface area (Å²) in [5, 5.41) is 3.13. The number of rotatable bonds is 5. The maximum absolute atomic E-state index is 11.9. The second-order valence-electron chi connectivity index (χ2n) is 4.29. The van der Waals surface area contributed by atoms with Gasteiger partial charge in [-0.15, -0.1) is 0 Å². The molecule has 1 fully saturated rings. The minimum atomic E-state index is -0.419. The lowest BCUT2D eigenvalue weighted by Gasteiger charge is -2.11. The van der Waals surface area contributed by atoms with Crippen LogP contribution in [0.25, 0.3) is 0 Å². The molecule has 2 rings (SSSR count). The largest absolute Gasteiger partial charge is 0.462 e. The van der Waals surface area contributed by atoms with Crippen LogP contribution in [0.2, 0.25) is 0 Å². The number of hydrogen-bond acceptors (Lipinski definition) is 4. The summed E-state index contributed by atoms with van der Waals surface area (Å²) in [5.74, 6) is 0.0313. The van der Waals surface area contributed by atoms with Gasteiger partial charge in [0.15, 0.2) is 0 Å². The number of aromatic nitrogens is 1. The Hall–Kier alpha value is -1.30. The SMILES string of the molecule is CCCOC(=O)c1cc(Br)c(=O)[nH]c1NC1CC1. The standard InChI is InChI=1S/C12H15BrN2O3/c1-2-5-18-12(17)8-6-9(13)11(16)15-10(8)14-7-3-4-7/h6-7H,2-5H2,1H3,(H2,14,15,16). The first-order valence-electron chi connectivity index (χ1n) is 5.98. The minimum Gasteiger partial charge on any atom is -0.462 e. The normalized spacial score (nSPS) is 14.3. The maximum Gasteiger partial charge on any atom is 0.341 e. The van der Waals surface area contributed by atoms with Crippen molar-refractivity contribution in [1.29, 1.82) is 0 Å². The van der Waals surface area contributed by atoms with Crippen molar-refractivity contribution in [2.75, 3.05) is 11.9 Å². The highest BCUT2D eigenvalue weighted by atomic mass is 79.9. The number of anilines is 1. The van der Waals surface area contributed by atoms with Crippen LogP contribution in [0, 0.1) is 0 Å². The molecule has 0 unspecified atom stereocenters. The Bertz CT molecular complexity index is 509. The summed E-state index contributed by atoms with van der Waals surface area (Å²) in [6.07, 6.45) is 2.88. The zero-order valence-electron chi connectivity index (χ0n) is 10.1. The fourth-order valence-corrected chi connectivity index (χ4v) is 1.81. The van der Waals surface area contributed by atoms with Crippen LogP contribution in [0.3, 0.4) is 0 Å². The Kier molecular flexibility index (Phi) is 4.06. The lowest BCUT2D eigenvalue weighted by atomic mass is 10.2. The fourth-order valence-electron chi connectivity index (χ4n) is 1.48. The molecular weight excluding hydrogens is 300 g/mol. The second kappa shape index (κ2) is 5.56. The highest BCUT2D eigenvalue weighted by molar-refractivity contribution is 9.10. The van der Waals surface area contributed by atoms with Crippen LogP contribution in [-0.4, -0.2) is 23.6 Å². The van der Waals surface area contributed by atoms with Gasteiger partial charge in [0.05, 0.1) is 11.1 Å². The molecule has 6 heteroatoms. The van der Waals surface area contributed by atoms with Crippen LogP contribution in [-0.2, 0) is 4.74 Å². The van der Waals surface area contributed by atoms with Crippen LogP contribution in [0.4, 0.5) is 5.82 Å². The van der Waals surface area contributed by atoms with Crippen molar-refractivity contribution >= 4 is 27.7 Å². The van der Waals surface area contributed by atoms with Crippen LogP contribution < -0.4 is 10.9 Å². The minimum absolute atomic E-state index is 0.259. The van der Waals surface area contributed by atoms with Gasteiger partial charge < -0.3 is 15.0 Å². The summed E-state index contributed by atoms with van der Waals surface area (Å²) in [5.41, 5.74) is 0.104. The highest BCUT2D eigenvalue weighted by Gasteiger charge is 2.24. The Labute approximate surface area is 113 Å². The number of nitrogens with one attached hydrogen (secondary N) is 2. The summed E-state index contributed by atoms with van der Waals surface area (Å²) in [6.45, 7) is 2.30. The van der Waals surface area contributed by atoms with Gasteiger partial charge in [-0.3, -0.25) is 4.79 Å². The molecule has 1 heterocycles. The van der Waals surface area contributed by atoms with Gasteiger partial charge in [0.25, 0.3) is 5.56 Å². The molecule has 18 heavy (non-hydrogen) atoms. The van der Waals surface area contributed by atoms with Gasteiger partial charge in [-0.25, -0.2) is 4.79 Å². The third kappa shape index (κ3) is 3.13. The summed E-state index contributed by atoms with van der Waals surface area (Å²) >= 11 is 3.12. The van der Waals surface area contributed by atoms with Gasteiger partial charge in [0.1, 0.15) is 11.4 Å². The molecule has 1 aliphatic rings. The van der Waals surface area contributed by atoms with Crippen LogP contribution in [0.15, 0.2) is 15.3 Å². The van der Waals surface area contributed by atoms with Crippen LogP contribution in [0.5, 0.6) is 0 Å². The molecule has 1 saturated carbocycles. The molecule has 0 atom stereocenters. The highest BCUT2D eigenvalue weighted by Crippen LogP contribution is 2.26. The fraction of sp³-hybridized carbons (Fsp3) is 0.500. The third-order valence-corrected chi connectivity index (χ3v) is 3.17. The predicted octanol–water partition coefficient (Wildman–Crippen LogP) is 2.28. The molecule has 0 aromatic carbocycles. The molecule has 98 valence electrons. The smallest absolute Gasteiger partial charge is 0.341 e. The van der Waals surface area contributed by atoms with Gasteiger partial charge in [-0.1, -0.05) is 6.92 Å². The van der Waals surface area contributed by atoms with Gasteiger partial charge in [0.2, 0.25) is 0 Å². The van der Waals surface area contributed by atoms with Gasteiger partial charge in [0, 0.05) is 6.04 Å². The Balaban J connectivity index is 2.27. The van der Waals surface area contributed by atoms with Gasteiger partial charge in [-0.2, -0.15) is 0 Å². The predicted molar refractivity (Wildman–Crippen MR) is 72.0 cm³/mol. The van der Waals surface area contributed by atoms with Crippen molar-refractivity contribution < 1.29 is 9.53 Å². The number of ether oxygens (including phenoxy) is 1. The van der Waals surface area contributed by atoms with Crippen molar-refractivity contribution in [2.45, 2.75) is 32.2 Å². The lowest BCUT2D eigenvalue weighted by Crippen LogP contribution is -2.18. The zero-order chi connectivity index (χ0) is 13.1. The van der Waals surface area contributed by atoms with E-state index in [0.717, 1.165) is 19.3 Å². The van der Waals surface area contributed by atoms with E-state index in [1.807, 2.05) is 6.92 Å². The Morgan fingerprint density at radius 2 is 2.33 bits per heavy atom. The molecule has 0 saturated heterocycles. The maximum atomic E-state index is 11.9. The first kappa shape index (κ1) is 13.1. The lowest BCUT2D eigenvalue weighted by molar-refractivity contribution is 0.0505. The van der Waals surface area contributed by atoms with Crippen LogP contribution >= 0.6 is 15.9 Å². The van der Waals surface area contributed by atoms with Crippen molar-refractivity contribution in [3.8, 4) is 0 Å². The van der Waals surface area contributed by atoms with E-state index in [4.69, 9.17) is 4.74 Å². The molecule has 2 N–H and O–H groups in total. The first-order valence-corrected chi connectivity index (χ1v) is 6.77. The molecule has 1 aromatic heterocycles. The Morgan fingerprint density at radius 1 is 1.61 bits per heavy atom. The molecule has 0 bridgehead atoms. The third-order valence-electron chi connectivity index (χ3n) is 2.58. The Morgan fingerprint density at radius 3 is 2.94 bits per heavy atom. The number of H-pyrrole nitrogens is 1. The summed E-state index contributed by atoms with van der Waals surface area (Å²) in [6, 6.07) is 1.85. The first-order chi connectivity index (χ1) is 8.61. The number of carbonyl (C=O) groups is 1. The number of aromatic amines is 1. The van der Waals surface area contributed by atoms with E-state index >= 15 is 0 Å². The summed E-state index contributed by atoms with van der Waals surface area (Å²) in [7, 11) is 0. The quantitative estimate of drug-likeness (QED) is 0.818. The number of halogens is 1. The van der Waals surface area contributed by atoms with Crippen molar-refractivity contribution in [2.24, 2.45) is 0 Å². The van der Waals surface area contributed by atoms with Crippen molar-refractivity contribution in [3.63, 3.8) is 0 Å². The number of pyridine rings is 1. The summed E-state index contributed by atoms with van der Waals surface area (Å²) < 4.78 is 5.42. The van der Waals surface area contributed by atoms with E-state index in [2.05, 4.69) is 26.2 Å². The van der Waals surface area contributed by atoms with E-state index in [1.165, 1.54) is 6.07 Å². The zero-order valence-corrected chi connectivity index (χ0v) is 11.7. The van der Waals surface area contributed by atoms with Gasteiger partial charge >= 0.3 is 5.97 Å².